The number of rotatable bonds is 9. The largest absolute Gasteiger partial charge is 0.480 e. The molecule has 0 bridgehead atoms. The lowest BCUT2D eigenvalue weighted by Gasteiger charge is -2.16. The van der Waals surface area contributed by atoms with E-state index in [-0.39, 0.29) is 16.2 Å². The number of sulfonamides is 2. The van der Waals surface area contributed by atoms with Gasteiger partial charge >= 0.3 is 5.97 Å². The van der Waals surface area contributed by atoms with E-state index in [1.54, 1.807) is 0 Å². The third-order valence-electron chi connectivity index (χ3n) is 3.34. The standard InChI is InChI=1S/C14H22N2O6S2/c1-4-5-9-13(14(17)18)15-23(19,20)11-7-6-8-12(10-11)24(21,22)16(2)3/h6-8,10,13,15H,4-5,9H2,1-3H3,(H,17,18)/t13-/m0/s1. The fraction of sp³-hybridized carbons (Fsp3) is 0.500. The van der Waals surface area contributed by atoms with Crippen molar-refractivity contribution in [2.24, 2.45) is 0 Å². The summed E-state index contributed by atoms with van der Waals surface area (Å²) in [5, 5.41) is 9.14. The monoisotopic (exact) mass is 378 g/mol. The first-order valence-electron chi connectivity index (χ1n) is 7.30. The second-order valence-corrected chi connectivity index (χ2v) is 9.28. The Bertz CT molecular complexity index is 787. The van der Waals surface area contributed by atoms with Crippen LogP contribution in [0.25, 0.3) is 0 Å². The van der Waals surface area contributed by atoms with Crippen LogP contribution in [0, 0.1) is 0 Å². The highest BCUT2D eigenvalue weighted by Gasteiger charge is 2.26. The number of nitrogens with one attached hydrogen (secondary N) is 1. The number of hydrogen-bond acceptors (Lipinski definition) is 5. The Hall–Kier alpha value is -1.49. The maximum absolute atomic E-state index is 12.4. The highest BCUT2D eigenvalue weighted by atomic mass is 32.2. The van der Waals surface area contributed by atoms with Gasteiger partial charge in [0.25, 0.3) is 0 Å². The van der Waals surface area contributed by atoms with Crippen molar-refractivity contribution in [3.63, 3.8) is 0 Å². The Labute approximate surface area is 142 Å². The van der Waals surface area contributed by atoms with Gasteiger partial charge in [-0.3, -0.25) is 4.79 Å². The van der Waals surface area contributed by atoms with Crippen LogP contribution >= 0.6 is 0 Å². The van der Waals surface area contributed by atoms with Crippen molar-refractivity contribution in [1.29, 1.82) is 0 Å². The molecule has 0 fully saturated rings. The van der Waals surface area contributed by atoms with Gasteiger partial charge in [-0.25, -0.2) is 21.1 Å². The lowest BCUT2D eigenvalue weighted by atomic mass is 10.1. The Morgan fingerprint density at radius 1 is 1.21 bits per heavy atom. The second kappa shape index (κ2) is 8.06. The van der Waals surface area contributed by atoms with Crippen molar-refractivity contribution in [2.45, 2.75) is 42.0 Å². The molecule has 1 atom stereocenters. The molecule has 0 saturated heterocycles. The number of benzene rings is 1. The van der Waals surface area contributed by atoms with E-state index in [9.17, 15) is 21.6 Å². The minimum absolute atomic E-state index is 0.154. The predicted molar refractivity (Wildman–Crippen MR) is 88.6 cm³/mol. The second-order valence-electron chi connectivity index (χ2n) is 5.42. The zero-order valence-corrected chi connectivity index (χ0v) is 15.4. The Morgan fingerprint density at radius 3 is 2.29 bits per heavy atom. The highest BCUT2D eigenvalue weighted by molar-refractivity contribution is 7.90. The van der Waals surface area contributed by atoms with Gasteiger partial charge in [-0.1, -0.05) is 25.8 Å². The third kappa shape index (κ3) is 5.00. The third-order valence-corrected chi connectivity index (χ3v) is 6.62. The van der Waals surface area contributed by atoms with E-state index in [1.165, 1.54) is 32.3 Å². The van der Waals surface area contributed by atoms with Gasteiger partial charge < -0.3 is 5.11 Å². The van der Waals surface area contributed by atoms with Crippen LogP contribution in [0.5, 0.6) is 0 Å². The van der Waals surface area contributed by atoms with Gasteiger partial charge in [0.05, 0.1) is 9.79 Å². The van der Waals surface area contributed by atoms with E-state index in [0.29, 0.717) is 6.42 Å². The number of nitrogens with zero attached hydrogens (tertiary/aromatic N) is 1. The first-order chi connectivity index (χ1) is 11.0. The molecule has 10 heteroatoms. The summed E-state index contributed by atoms with van der Waals surface area (Å²) in [5.41, 5.74) is 0. The smallest absolute Gasteiger partial charge is 0.321 e. The quantitative estimate of drug-likeness (QED) is 0.657. The maximum Gasteiger partial charge on any atom is 0.321 e. The molecule has 1 aromatic rings. The number of carboxylic acids is 1. The fourth-order valence-corrected chi connectivity index (χ4v) is 4.20. The van der Waals surface area contributed by atoms with Crippen LogP contribution in [0.15, 0.2) is 34.1 Å². The molecule has 0 spiro atoms. The van der Waals surface area contributed by atoms with Crippen LogP contribution in [0.4, 0.5) is 0 Å². The molecule has 0 aliphatic carbocycles. The summed E-state index contributed by atoms with van der Waals surface area (Å²) in [4.78, 5) is 10.7. The van der Waals surface area contributed by atoms with Crippen LogP contribution in [0.3, 0.4) is 0 Å². The van der Waals surface area contributed by atoms with Crippen molar-refractivity contribution in [2.75, 3.05) is 14.1 Å². The summed E-state index contributed by atoms with van der Waals surface area (Å²) >= 11 is 0. The van der Waals surface area contributed by atoms with Gasteiger partial charge in [-0.05, 0) is 24.6 Å². The molecule has 0 unspecified atom stereocenters. The molecule has 0 amide bonds. The van der Waals surface area contributed by atoms with E-state index in [4.69, 9.17) is 5.11 Å². The zero-order chi connectivity index (χ0) is 18.5. The van der Waals surface area contributed by atoms with E-state index in [1.807, 2.05) is 6.92 Å². The van der Waals surface area contributed by atoms with Crippen LogP contribution < -0.4 is 4.72 Å². The fourth-order valence-electron chi connectivity index (χ4n) is 1.91. The predicted octanol–water partition coefficient (Wildman–Crippen LogP) is 0.859. The lowest BCUT2D eigenvalue weighted by Crippen LogP contribution is -2.40. The van der Waals surface area contributed by atoms with Crippen molar-refractivity contribution in [3.8, 4) is 0 Å². The molecule has 136 valence electrons. The Balaban J connectivity index is 3.18. The van der Waals surface area contributed by atoms with Crippen LogP contribution in [-0.4, -0.2) is 52.4 Å². The summed E-state index contributed by atoms with van der Waals surface area (Å²) in [6.45, 7) is 1.86. The first kappa shape index (κ1) is 20.6. The number of carbonyl (C=O) groups is 1. The van der Waals surface area contributed by atoms with Gasteiger partial charge in [0.1, 0.15) is 6.04 Å². The SMILES string of the molecule is CCCC[C@H](NS(=O)(=O)c1cccc(S(=O)(=O)N(C)C)c1)C(=O)O. The maximum atomic E-state index is 12.4. The van der Waals surface area contributed by atoms with Crippen LogP contribution in [-0.2, 0) is 24.8 Å². The molecular weight excluding hydrogens is 356 g/mol. The molecule has 24 heavy (non-hydrogen) atoms. The van der Waals surface area contributed by atoms with Gasteiger partial charge in [-0.2, -0.15) is 4.72 Å². The molecule has 2 N–H and O–H groups in total. The van der Waals surface area contributed by atoms with E-state index < -0.39 is 32.1 Å². The molecule has 0 aromatic heterocycles. The zero-order valence-electron chi connectivity index (χ0n) is 13.8. The molecule has 0 aliphatic heterocycles. The van der Waals surface area contributed by atoms with Crippen LogP contribution in [0.1, 0.15) is 26.2 Å². The van der Waals surface area contributed by atoms with Gasteiger partial charge in [0.15, 0.2) is 0 Å². The molecule has 1 aromatic carbocycles. The summed E-state index contributed by atoms with van der Waals surface area (Å²) in [7, 11) is -5.28. The van der Waals surface area contributed by atoms with Crippen molar-refractivity contribution in [1.82, 2.24) is 9.03 Å². The lowest BCUT2D eigenvalue weighted by molar-refractivity contribution is -0.139. The number of unbranched alkanes of at least 4 members (excludes halogenated alkanes) is 1. The van der Waals surface area contributed by atoms with Crippen molar-refractivity contribution >= 4 is 26.0 Å². The molecule has 0 radical (unpaired) electrons. The topological polar surface area (TPSA) is 121 Å². The minimum atomic E-state index is -4.16. The minimum Gasteiger partial charge on any atom is -0.480 e. The summed E-state index contributed by atoms with van der Waals surface area (Å²) in [5.74, 6) is -1.27. The molecule has 0 aliphatic rings. The van der Waals surface area contributed by atoms with E-state index in [2.05, 4.69) is 4.72 Å². The van der Waals surface area contributed by atoms with Crippen molar-refractivity contribution < 1.29 is 26.7 Å². The average molecular weight is 378 g/mol. The van der Waals surface area contributed by atoms with Gasteiger partial charge in [0, 0.05) is 14.1 Å². The number of aliphatic carboxylic acids is 1. The Morgan fingerprint density at radius 2 is 1.79 bits per heavy atom. The normalized spacial score (nSPS) is 13.8. The molecule has 8 nitrogen and oxygen atoms in total. The number of carboxylic acid groups (broad SMARTS) is 1. The Kier molecular flexibility index (Phi) is 6.90. The van der Waals surface area contributed by atoms with Crippen LogP contribution in [0.2, 0.25) is 0 Å². The van der Waals surface area contributed by atoms with Gasteiger partial charge in [0.2, 0.25) is 20.0 Å². The van der Waals surface area contributed by atoms with Gasteiger partial charge in [-0.15, -0.1) is 0 Å². The molecule has 0 saturated carbocycles. The van der Waals surface area contributed by atoms with E-state index in [0.717, 1.165) is 16.8 Å². The van der Waals surface area contributed by atoms with E-state index >= 15 is 0 Å². The summed E-state index contributed by atoms with van der Waals surface area (Å²) in [6.07, 6.45) is 1.43. The number of hydrogen-bond donors (Lipinski definition) is 2. The molecule has 0 heterocycles. The summed E-state index contributed by atoms with van der Waals surface area (Å²) in [6, 6.07) is 3.54. The summed E-state index contributed by atoms with van der Waals surface area (Å²) < 4.78 is 52.0. The highest BCUT2D eigenvalue weighted by Crippen LogP contribution is 2.18. The molecular formula is C14H22N2O6S2. The first-order valence-corrected chi connectivity index (χ1v) is 10.2. The molecule has 1 rings (SSSR count). The average Bonchev–Trinajstić information content (AvgIpc) is 2.51. The van der Waals surface area contributed by atoms with Crippen molar-refractivity contribution in [3.05, 3.63) is 24.3 Å².